The number of aromatic amines is 1. The van der Waals surface area contributed by atoms with Gasteiger partial charge in [0.1, 0.15) is 11.4 Å². The van der Waals surface area contributed by atoms with Crippen molar-refractivity contribution in [2.45, 2.75) is 0 Å². The number of primary amides is 1. The first kappa shape index (κ1) is 18.9. The number of benzene rings is 2. The number of nitrogens with one attached hydrogen (secondary N) is 2. The lowest BCUT2D eigenvalue weighted by Gasteiger charge is -2.06. The van der Waals surface area contributed by atoms with Crippen LogP contribution in [0.2, 0.25) is 0 Å². The summed E-state index contributed by atoms with van der Waals surface area (Å²) in [6.45, 7) is 0. The molecule has 7 nitrogen and oxygen atoms in total. The second-order valence-electron chi connectivity index (χ2n) is 6.66. The fraction of sp³-hybridized carbons (Fsp3) is 0. The number of carbonyl (C=O) groups excluding carboxylic acids is 2. The van der Waals surface area contributed by atoms with Crippen molar-refractivity contribution in [2.24, 2.45) is 5.73 Å². The Morgan fingerprint density at radius 1 is 1.03 bits per heavy atom. The molecule has 0 unspecified atom stereocenters. The van der Waals surface area contributed by atoms with Crippen LogP contribution in [0.3, 0.4) is 0 Å². The highest BCUT2D eigenvalue weighted by atomic mass is 16.3. The van der Waals surface area contributed by atoms with Crippen molar-refractivity contribution in [1.29, 1.82) is 0 Å². The van der Waals surface area contributed by atoms with Gasteiger partial charge in [-0.15, -0.1) is 0 Å². The molecule has 0 spiro atoms. The molecule has 0 saturated carbocycles. The summed E-state index contributed by atoms with van der Waals surface area (Å²) in [6, 6.07) is 17.0. The Hall–Kier alpha value is -4.39. The quantitative estimate of drug-likeness (QED) is 0.384. The van der Waals surface area contributed by atoms with Gasteiger partial charge in [0.2, 0.25) is 5.91 Å². The Morgan fingerprint density at radius 2 is 1.80 bits per heavy atom. The van der Waals surface area contributed by atoms with Crippen LogP contribution in [0.1, 0.15) is 21.5 Å². The van der Waals surface area contributed by atoms with Crippen molar-refractivity contribution < 1.29 is 14.7 Å². The number of aromatic nitrogens is 2. The van der Waals surface area contributed by atoms with Gasteiger partial charge < -0.3 is 21.1 Å². The third-order valence-corrected chi connectivity index (χ3v) is 4.58. The Bertz CT molecular complexity index is 1280. The van der Waals surface area contributed by atoms with Crippen molar-refractivity contribution in [3.05, 3.63) is 89.7 Å². The average molecular weight is 398 g/mol. The zero-order chi connectivity index (χ0) is 21.1. The minimum atomic E-state index is -0.545. The number of rotatable bonds is 5. The third kappa shape index (κ3) is 3.90. The molecule has 7 heteroatoms. The molecule has 0 aliphatic rings. The molecule has 0 radical (unpaired) electrons. The van der Waals surface area contributed by atoms with Gasteiger partial charge >= 0.3 is 0 Å². The predicted octanol–water partition coefficient (Wildman–Crippen LogP) is 3.55. The second kappa shape index (κ2) is 7.92. The van der Waals surface area contributed by atoms with Crippen LogP contribution >= 0.6 is 0 Å². The number of hydrogen-bond donors (Lipinski definition) is 4. The first-order chi connectivity index (χ1) is 14.5. The molecule has 0 atom stereocenters. The van der Waals surface area contributed by atoms with Crippen LogP contribution in [-0.4, -0.2) is 26.9 Å². The lowest BCUT2D eigenvalue weighted by Crippen LogP contribution is -2.12. The zero-order valence-electron chi connectivity index (χ0n) is 15.8. The van der Waals surface area contributed by atoms with E-state index in [1.54, 1.807) is 30.5 Å². The minimum Gasteiger partial charge on any atom is -0.508 e. The highest BCUT2D eigenvalue weighted by molar-refractivity contribution is 6.24. The van der Waals surface area contributed by atoms with Crippen molar-refractivity contribution in [3.63, 3.8) is 0 Å². The summed E-state index contributed by atoms with van der Waals surface area (Å²) in [5.41, 5.74) is 8.78. The van der Waals surface area contributed by atoms with Gasteiger partial charge in [0.15, 0.2) is 0 Å². The summed E-state index contributed by atoms with van der Waals surface area (Å²) in [5, 5.41) is 13.0. The lowest BCUT2D eigenvalue weighted by molar-refractivity contribution is -0.112. The van der Waals surface area contributed by atoms with E-state index in [1.165, 1.54) is 18.3 Å². The Kier molecular flexibility index (Phi) is 5.00. The Morgan fingerprint density at radius 3 is 2.53 bits per heavy atom. The molecule has 0 bridgehead atoms. The van der Waals surface area contributed by atoms with E-state index in [0.717, 1.165) is 5.39 Å². The molecule has 2 amide bonds. The van der Waals surface area contributed by atoms with Gasteiger partial charge in [-0.05, 0) is 35.9 Å². The maximum absolute atomic E-state index is 12.4. The molecule has 4 rings (SSSR count). The normalized spacial score (nSPS) is 11.4. The molecule has 0 aliphatic heterocycles. The van der Waals surface area contributed by atoms with Crippen LogP contribution in [0.25, 0.3) is 22.7 Å². The molecule has 4 aromatic rings. The molecule has 2 aromatic heterocycles. The van der Waals surface area contributed by atoms with E-state index < -0.39 is 5.91 Å². The number of pyridine rings is 1. The van der Waals surface area contributed by atoms with Gasteiger partial charge in [-0.3, -0.25) is 9.59 Å². The van der Waals surface area contributed by atoms with Gasteiger partial charge in [0.05, 0.1) is 11.9 Å². The molecule has 2 aromatic carbocycles. The van der Waals surface area contributed by atoms with Gasteiger partial charge in [-0.1, -0.05) is 36.4 Å². The molecular formula is C23H18N4O3. The maximum Gasteiger partial charge on any atom is 0.255 e. The van der Waals surface area contributed by atoms with Gasteiger partial charge in [-0.25, -0.2) is 4.98 Å². The van der Waals surface area contributed by atoms with E-state index in [-0.39, 0.29) is 11.7 Å². The number of aromatic hydroxyl groups is 1. The molecule has 0 fully saturated rings. The predicted molar refractivity (Wildman–Crippen MR) is 116 cm³/mol. The van der Waals surface area contributed by atoms with Crippen LogP contribution in [-0.2, 0) is 4.79 Å². The summed E-state index contributed by atoms with van der Waals surface area (Å²) in [6.07, 6.45) is 4.95. The van der Waals surface area contributed by atoms with Crippen molar-refractivity contribution in [2.75, 3.05) is 5.32 Å². The van der Waals surface area contributed by atoms with E-state index in [4.69, 9.17) is 5.73 Å². The van der Waals surface area contributed by atoms with E-state index in [0.29, 0.717) is 33.6 Å². The monoisotopic (exact) mass is 398 g/mol. The summed E-state index contributed by atoms with van der Waals surface area (Å²) < 4.78 is 0. The average Bonchev–Trinajstić information content (AvgIpc) is 3.14. The van der Waals surface area contributed by atoms with Crippen LogP contribution in [0, 0.1) is 0 Å². The Labute approximate surface area is 171 Å². The maximum atomic E-state index is 12.4. The number of nitrogens with zero attached hydrogens (tertiary/aromatic N) is 1. The number of anilines is 1. The molecular weight excluding hydrogens is 380 g/mol. The van der Waals surface area contributed by atoms with Crippen molar-refractivity contribution in [3.8, 4) is 5.75 Å². The van der Waals surface area contributed by atoms with E-state index in [9.17, 15) is 14.7 Å². The summed E-state index contributed by atoms with van der Waals surface area (Å²) in [5.74, 6) is -0.909. The van der Waals surface area contributed by atoms with Gasteiger partial charge in [0.25, 0.3) is 5.91 Å². The molecule has 0 aliphatic carbocycles. The smallest absolute Gasteiger partial charge is 0.255 e. The second-order valence-corrected chi connectivity index (χ2v) is 6.66. The highest BCUT2D eigenvalue weighted by Gasteiger charge is 2.12. The number of hydrogen-bond acceptors (Lipinski definition) is 4. The van der Waals surface area contributed by atoms with E-state index >= 15 is 0 Å². The molecule has 0 saturated heterocycles. The fourth-order valence-corrected chi connectivity index (χ4v) is 3.13. The summed E-state index contributed by atoms with van der Waals surface area (Å²) >= 11 is 0. The number of fused-ring (bicyclic) bond motifs is 1. The van der Waals surface area contributed by atoms with Crippen molar-refractivity contribution >= 4 is 40.2 Å². The number of phenolic OH excluding ortho intramolecular Hbond substituents is 1. The molecule has 2 heterocycles. The molecule has 30 heavy (non-hydrogen) atoms. The van der Waals surface area contributed by atoms with Crippen LogP contribution in [0.5, 0.6) is 5.75 Å². The number of nitrogens with two attached hydrogens (primary N) is 1. The number of phenols is 1. The number of H-pyrrole nitrogens is 1. The Balaban J connectivity index is 1.69. The lowest BCUT2D eigenvalue weighted by atomic mass is 10.0. The van der Waals surface area contributed by atoms with E-state index in [1.807, 2.05) is 30.3 Å². The standard InChI is InChI=1S/C23H18N4O3/c24-21(29)19(14-5-2-1-3-6-14)10-16-12-25-22-20(16)11-17(13-26-22)27-23(30)15-7-4-8-18(28)9-15/h1-13,28H,(H2,24,29)(H,25,26)(H,27,30). The summed E-state index contributed by atoms with van der Waals surface area (Å²) in [7, 11) is 0. The number of amides is 2. The largest absolute Gasteiger partial charge is 0.508 e. The van der Waals surface area contributed by atoms with Crippen molar-refractivity contribution in [1.82, 2.24) is 9.97 Å². The highest BCUT2D eigenvalue weighted by Crippen LogP contribution is 2.25. The van der Waals surface area contributed by atoms with Crippen LogP contribution in [0.15, 0.2) is 73.1 Å². The SMILES string of the molecule is NC(=O)C(=Cc1c[nH]c2ncc(NC(=O)c3cccc(O)c3)cc12)c1ccccc1. The summed E-state index contributed by atoms with van der Waals surface area (Å²) in [4.78, 5) is 31.8. The van der Waals surface area contributed by atoms with Crippen LogP contribution in [0.4, 0.5) is 5.69 Å². The van der Waals surface area contributed by atoms with Gasteiger partial charge in [0, 0.05) is 28.3 Å². The number of carbonyl (C=O) groups is 2. The van der Waals surface area contributed by atoms with Gasteiger partial charge in [-0.2, -0.15) is 0 Å². The fourth-order valence-electron chi connectivity index (χ4n) is 3.13. The molecule has 5 N–H and O–H groups in total. The minimum absolute atomic E-state index is 0.00850. The molecule has 148 valence electrons. The van der Waals surface area contributed by atoms with E-state index in [2.05, 4.69) is 15.3 Å². The first-order valence-electron chi connectivity index (χ1n) is 9.16. The van der Waals surface area contributed by atoms with Crippen LogP contribution < -0.4 is 11.1 Å². The first-order valence-corrected chi connectivity index (χ1v) is 9.16. The topological polar surface area (TPSA) is 121 Å². The third-order valence-electron chi connectivity index (χ3n) is 4.58. The zero-order valence-corrected chi connectivity index (χ0v) is 15.8.